The van der Waals surface area contributed by atoms with Crippen LogP contribution in [0.25, 0.3) is 0 Å². The van der Waals surface area contributed by atoms with E-state index in [0.29, 0.717) is 26.2 Å². The van der Waals surface area contributed by atoms with Crippen LogP contribution in [0.4, 0.5) is 0 Å². The molecule has 0 aliphatic carbocycles. The summed E-state index contributed by atoms with van der Waals surface area (Å²) in [5.41, 5.74) is 0.998. The Balaban J connectivity index is 2.08. The number of nitrogens with zero attached hydrogens (tertiary/aromatic N) is 2. The number of rotatable bonds is 3. The highest BCUT2D eigenvalue weighted by molar-refractivity contribution is 5.09. The molecule has 1 aliphatic rings. The summed E-state index contributed by atoms with van der Waals surface area (Å²) in [6, 6.07) is 6.03. The van der Waals surface area contributed by atoms with Crippen LogP contribution in [0.15, 0.2) is 18.3 Å². The van der Waals surface area contributed by atoms with E-state index in [4.69, 9.17) is 14.7 Å². The van der Waals surface area contributed by atoms with Gasteiger partial charge < -0.3 is 14.0 Å². The molecule has 0 bridgehead atoms. The summed E-state index contributed by atoms with van der Waals surface area (Å²) in [5, 5.41) is 8.50. The Kier molecular flexibility index (Phi) is 2.82. The summed E-state index contributed by atoms with van der Waals surface area (Å²) in [5.74, 6) is 0. The SMILES string of the molecule is N#CCCn1cccc1C1OCCO1. The predicted octanol–water partition coefficient (Wildman–Crippen LogP) is 1.45. The molecule has 0 atom stereocenters. The van der Waals surface area contributed by atoms with E-state index in [1.165, 1.54) is 0 Å². The van der Waals surface area contributed by atoms with E-state index < -0.39 is 0 Å². The van der Waals surface area contributed by atoms with Gasteiger partial charge in [-0.3, -0.25) is 0 Å². The molecule has 1 fully saturated rings. The molecule has 0 N–H and O–H groups in total. The molecule has 0 saturated carbocycles. The molecule has 0 spiro atoms. The van der Waals surface area contributed by atoms with E-state index in [1.807, 2.05) is 22.9 Å². The zero-order valence-corrected chi connectivity index (χ0v) is 7.85. The maximum Gasteiger partial charge on any atom is 0.199 e. The summed E-state index contributed by atoms with van der Waals surface area (Å²) in [6.45, 7) is 1.99. The van der Waals surface area contributed by atoms with Crippen molar-refractivity contribution in [3.8, 4) is 6.07 Å². The summed E-state index contributed by atoms with van der Waals surface area (Å²) >= 11 is 0. The van der Waals surface area contributed by atoms with Crippen LogP contribution >= 0.6 is 0 Å². The third-order valence-corrected chi connectivity index (χ3v) is 2.19. The number of aromatic nitrogens is 1. The fourth-order valence-corrected chi connectivity index (χ4v) is 1.54. The van der Waals surface area contributed by atoms with Crippen LogP contribution in [-0.2, 0) is 16.0 Å². The topological polar surface area (TPSA) is 47.2 Å². The lowest BCUT2D eigenvalue weighted by molar-refractivity contribution is -0.0496. The number of nitriles is 1. The van der Waals surface area contributed by atoms with E-state index in [9.17, 15) is 0 Å². The Morgan fingerprint density at radius 3 is 3.00 bits per heavy atom. The largest absolute Gasteiger partial charge is 0.346 e. The van der Waals surface area contributed by atoms with Gasteiger partial charge in [0.15, 0.2) is 6.29 Å². The Labute approximate surface area is 82.7 Å². The van der Waals surface area contributed by atoms with Gasteiger partial charge in [-0.05, 0) is 12.1 Å². The van der Waals surface area contributed by atoms with Crippen molar-refractivity contribution in [1.29, 1.82) is 5.26 Å². The van der Waals surface area contributed by atoms with Crippen LogP contribution in [0.5, 0.6) is 0 Å². The van der Waals surface area contributed by atoms with Gasteiger partial charge in [-0.25, -0.2) is 0 Å². The Bertz CT molecular complexity index is 334. The van der Waals surface area contributed by atoms with E-state index in [2.05, 4.69) is 6.07 Å². The molecule has 1 saturated heterocycles. The normalized spacial score (nSPS) is 17.1. The van der Waals surface area contributed by atoms with Gasteiger partial charge in [0.05, 0.1) is 31.4 Å². The number of ether oxygens (including phenoxy) is 2. The lowest BCUT2D eigenvalue weighted by Gasteiger charge is -2.12. The Morgan fingerprint density at radius 1 is 1.50 bits per heavy atom. The van der Waals surface area contributed by atoms with Crippen molar-refractivity contribution in [1.82, 2.24) is 4.57 Å². The molecule has 0 amide bonds. The first-order valence-corrected chi connectivity index (χ1v) is 4.67. The first-order valence-electron chi connectivity index (χ1n) is 4.67. The quantitative estimate of drug-likeness (QED) is 0.728. The van der Waals surface area contributed by atoms with Gasteiger partial charge in [0, 0.05) is 12.7 Å². The molecule has 74 valence electrons. The number of hydrogen-bond donors (Lipinski definition) is 0. The van der Waals surface area contributed by atoms with Crippen molar-refractivity contribution in [2.45, 2.75) is 19.3 Å². The molecule has 1 aromatic heterocycles. The molecule has 0 aromatic carbocycles. The fraction of sp³-hybridized carbons (Fsp3) is 0.500. The van der Waals surface area contributed by atoms with Crippen molar-refractivity contribution in [2.75, 3.05) is 13.2 Å². The highest BCUT2D eigenvalue weighted by Crippen LogP contribution is 2.23. The smallest absolute Gasteiger partial charge is 0.199 e. The van der Waals surface area contributed by atoms with Gasteiger partial charge >= 0.3 is 0 Å². The van der Waals surface area contributed by atoms with Gasteiger partial charge in [0.25, 0.3) is 0 Å². The van der Waals surface area contributed by atoms with Crippen LogP contribution in [0, 0.1) is 11.3 Å². The van der Waals surface area contributed by atoms with Gasteiger partial charge in [0.2, 0.25) is 0 Å². The molecule has 1 aliphatic heterocycles. The standard InChI is InChI=1S/C10H12N2O2/c11-4-2-6-12-5-1-3-9(12)10-13-7-8-14-10/h1,3,5,10H,2,6-8H2. The molecule has 2 rings (SSSR count). The highest BCUT2D eigenvalue weighted by atomic mass is 16.7. The van der Waals surface area contributed by atoms with Gasteiger partial charge in [0.1, 0.15) is 0 Å². The van der Waals surface area contributed by atoms with Crippen molar-refractivity contribution in [3.05, 3.63) is 24.0 Å². The van der Waals surface area contributed by atoms with Gasteiger partial charge in [-0.2, -0.15) is 5.26 Å². The summed E-state index contributed by atoms with van der Waals surface area (Å²) < 4.78 is 12.8. The van der Waals surface area contributed by atoms with E-state index in [0.717, 1.165) is 5.69 Å². The average molecular weight is 192 g/mol. The second-order valence-electron chi connectivity index (χ2n) is 3.11. The minimum Gasteiger partial charge on any atom is -0.346 e. The highest BCUT2D eigenvalue weighted by Gasteiger charge is 2.20. The van der Waals surface area contributed by atoms with Gasteiger partial charge in [-0.1, -0.05) is 0 Å². The molecule has 0 unspecified atom stereocenters. The third kappa shape index (κ3) is 1.79. The maximum atomic E-state index is 8.50. The summed E-state index contributed by atoms with van der Waals surface area (Å²) in [7, 11) is 0. The van der Waals surface area contributed by atoms with E-state index >= 15 is 0 Å². The first-order chi connectivity index (χ1) is 6.92. The van der Waals surface area contributed by atoms with Crippen LogP contribution < -0.4 is 0 Å². The number of hydrogen-bond acceptors (Lipinski definition) is 3. The fourth-order valence-electron chi connectivity index (χ4n) is 1.54. The molecule has 4 nitrogen and oxygen atoms in total. The van der Waals surface area contributed by atoms with E-state index in [1.54, 1.807) is 0 Å². The Hall–Kier alpha value is -1.31. The van der Waals surface area contributed by atoms with Crippen LogP contribution in [0.3, 0.4) is 0 Å². The molecular formula is C10H12N2O2. The monoisotopic (exact) mass is 192 g/mol. The van der Waals surface area contributed by atoms with Crippen LogP contribution in [0.1, 0.15) is 18.4 Å². The minimum absolute atomic E-state index is 0.247. The van der Waals surface area contributed by atoms with Crippen molar-refractivity contribution < 1.29 is 9.47 Å². The van der Waals surface area contributed by atoms with Crippen molar-refractivity contribution in [2.24, 2.45) is 0 Å². The second-order valence-corrected chi connectivity index (χ2v) is 3.11. The molecule has 4 heteroatoms. The van der Waals surface area contributed by atoms with Crippen LogP contribution in [0.2, 0.25) is 0 Å². The lowest BCUT2D eigenvalue weighted by Crippen LogP contribution is -2.07. The van der Waals surface area contributed by atoms with E-state index in [-0.39, 0.29) is 6.29 Å². The Morgan fingerprint density at radius 2 is 2.29 bits per heavy atom. The molecule has 0 radical (unpaired) electrons. The first kappa shape index (κ1) is 9.25. The molecule has 1 aromatic rings. The third-order valence-electron chi connectivity index (χ3n) is 2.19. The average Bonchev–Trinajstić information content (AvgIpc) is 2.84. The molecule has 14 heavy (non-hydrogen) atoms. The second kappa shape index (κ2) is 4.27. The van der Waals surface area contributed by atoms with Gasteiger partial charge in [-0.15, -0.1) is 0 Å². The van der Waals surface area contributed by atoms with Crippen LogP contribution in [-0.4, -0.2) is 17.8 Å². The summed E-state index contributed by atoms with van der Waals surface area (Å²) in [6.07, 6.45) is 2.20. The zero-order valence-electron chi connectivity index (χ0n) is 7.85. The lowest BCUT2D eigenvalue weighted by atomic mass is 10.4. The molecule has 2 heterocycles. The van der Waals surface area contributed by atoms with Crippen molar-refractivity contribution >= 4 is 0 Å². The minimum atomic E-state index is -0.247. The number of aryl methyl sites for hydroxylation is 1. The maximum absolute atomic E-state index is 8.50. The predicted molar refractivity (Wildman–Crippen MR) is 49.3 cm³/mol. The zero-order chi connectivity index (χ0) is 9.80. The van der Waals surface area contributed by atoms with Crippen molar-refractivity contribution in [3.63, 3.8) is 0 Å². The molecular weight excluding hydrogens is 180 g/mol. The summed E-state index contributed by atoms with van der Waals surface area (Å²) in [4.78, 5) is 0.